The van der Waals surface area contributed by atoms with Gasteiger partial charge in [0.25, 0.3) is 0 Å². The van der Waals surface area contributed by atoms with Crippen LogP contribution in [0.25, 0.3) is 0 Å². The molecular weight excluding hydrogens is 204 g/mol. The maximum atomic E-state index is 10.6. The SMILES string of the molecule is COC(=O)OCC=CCCc1ccccc1. The number of allylic oxidation sites excluding steroid dienone is 1. The number of ether oxygens (including phenoxy) is 2. The number of hydrogen-bond donors (Lipinski definition) is 0. The molecule has 0 saturated carbocycles. The van der Waals surface area contributed by atoms with Gasteiger partial charge in [-0.05, 0) is 18.4 Å². The fourth-order valence-corrected chi connectivity index (χ4v) is 1.26. The van der Waals surface area contributed by atoms with Crippen LogP contribution in [0.5, 0.6) is 0 Å². The first-order valence-electron chi connectivity index (χ1n) is 5.22. The van der Waals surface area contributed by atoms with Gasteiger partial charge in [0.05, 0.1) is 7.11 Å². The number of carbonyl (C=O) groups excluding carboxylic acids is 1. The molecule has 0 aromatic heterocycles. The van der Waals surface area contributed by atoms with Crippen molar-refractivity contribution >= 4 is 6.16 Å². The molecule has 3 heteroatoms. The Bertz CT molecular complexity index is 330. The highest BCUT2D eigenvalue weighted by Crippen LogP contribution is 2.02. The van der Waals surface area contributed by atoms with Gasteiger partial charge in [-0.25, -0.2) is 4.79 Å². The Hall–Kier alpha value is -1.77. The summed E-state index contributed by atoms with van der Waals surface area (Å²) in [4.78, 5) is 10.6. The first kappa shape index (κ1) is 12.3. The highest BCUT2D eigenvalue weighted by atomic mass is 16.7. The zero-order valence-corrected chi connectivity index (χ0v) is 9.39. The van der Waals surface area contributed by atoms with Crippen molar-refractivity contribution in [3.05, 3.63) is 48.0 Å². The minimum atomic E-state index is -0.646. The molecule has 0 spiro atoms. The third kappa shape index (κ3) is 5.20. The standard InChI is InChI=1S/C13H16O3/c1-15-13(14)16-11-7-3-6-10-12-8-4-2-5-9-12/h2-5,7-9H,6,10-11H2,1H3. The molecule has 0 saturated heterocycles. The van der Waals surface area contributed by atoms with E-state index in [1.165, 1.54) is 12.7 Å². The summed E-state index contributed by atoms with van der Waals surface area (Å²) in [5.41, 5.74) is 1.31. The van der Waals surface area contributed by atoms with Crippen molar-refractivity contribution in [2.24, 2.45) is 0 Å². The maximum Gasteiger partial charge on any atom is 0.508 e. The summed E-state index contributed by atoms with van der Waals surface area (Å²) in [5.74, 6) is 0. The third-order valence-electron chi connectivity index (χ3n) is 2.07. The van der Waals surface area contributed by atoms with Gasteiger partial charge in [0, 0.05) is 0 Å². The second-order valence-corrected chi connectivity index (χ2v) is 3.26. The zero-order valence-electron chi connectivity index (χ0n) is 9.39. The van der Waals surface area contributed by atoms with Crippen LogP contribution in [0.15, 0.2) is 42.5 Å². The largest absolute Gasteiger partial charge is 0.508 e. The Morgan fingerprint density at radius 3 is 2.69 bits per heavy atom. The molecule has 1 aromatic carbocycles. The molecule has 3 nitrogen and oxygen atoms in total. The summed E-state index contributed by atoms with van der Waals surface area (Å²) in [6, 6.07) is 10.2. The fourth-order valence-electron chi connectivity index (χ4n) is 1.26. The summed E-state index contributed by atoms with van der Waals surface area (Å²) in [6.45, 7) is 0.265. The van der Waals surface area contributed by atoms with Gasteiger partial charge in [-0.1, -0.05) is 42.5 Å². The second kappa shape index (κ2) is 7.51. The molecule has 0 aliphatic rings. The number of methoxy groups -OCH3 is 1. The molecule has 0 fully saturated rings. The predicted molar refractivity (Wildman–Crippen MR) is 62.3 cm³/mol. The van der Waals surface area contributed by atoms with E-state index < -0.39 is 6.16 Å². The summed E-state index contributed by atoms with van der Waals surface area (Å²) < 4.78 is 9.03. The number of hydrogen-bond acceptors (Lipinski definition) is 3. The molecule has 0 N–H and O–H groups in total. The molecule has 0 atom stereocenters. The molecule has 0 bridgehead atoms. The molecule has 0 radical (unpaired) electrons. The number of rotatable bonds is 5. The van der Waals surface area contributed by atoms with Gasteiger partial charge in [0.2, 0.25) is 0 Å². The van der Waals surface area contributed by atoms with E-state index in [2.05, 4.69) is 16.9 Å². The van der Waals surface area contributed by atoms with Gasteiger partial charge in [-0.2, -0.15) is 0 Å². The van der Waals surface area contributed by atoms with Gasteiger partial charge in [0.15, 0.2) is 0 Å². The molecule has 0 amide bonds. The zero-order chi connectivity index (χ0) is 11.6. The van der Waals surface area contributed by atoms with Gasteiger partial charge in [-0.15, -0.1) is 0 Å². The number of aryl methyl sites for hydroxylation is 1. The lowest BCUT2D eigenvalue weighted by Gasteiger charge is -1.98. The van der Waals surface area contributed by atoms with Crippen LogP contribution >= 0.6 is 0 Å². The van der Waals surface area contributed by atoms with E-state index in [1.54, 1.807) is 0 Å². The van der Waals surface area contributed by atoms with Crippen LogP contribution < -0.4 is 0 Å². The smallest absolute Gasteiger partial charge is 0.438 e. The Morgan fingerprint density at radius 2 is 2.00 bits per heavy atom. The molecule has 0 aliphatic heterocycles. The molecular formula is C13H16O3. The summed E-state index contributed by atoms with van der Waals surface area (Å²) >= 11 is 0. The van der Waals surface area contributed by atoms with Gasteiger partial charge < -0.3 is 9.47 Å². The minimum absolute atomic E-state index is 0.265. The average molecular weight is 220 g/mol. The van der Waals surface area contributed by atoms with E-state index in [4.69, 9.17) is 4.74 Å². The first-order valence-corrected chi connectivity index (χ1v) is 5.22. The third-order valence-corrected chi connectivity index (χ3v) is 2.07. The van der Waals surface area contributed by atoms with Crippen molar-refractivity contribution in [3.8, 4) is 0 Å². The van der Waals surface area contributed by atoms with E-state index in [-0.39, 0.29) is 6.61 Å². The fraction of sp³-hybridized carbons (Fsp3) is 0.308. The Kier molecular flexibility index (Phi) is 5.78. The molecule has 0 unspecified atom stereocenters. The molecule has 0 heterocycles. The lowest BCUT2D eigenvalue weighted by atomic mass is 10.1. The van der Waals surface area contributed by atoms with E-state index in [1.807, 2.05) is 30.4 Å². The lowest BCUT2D eigenvalue weighted by Crippen LogP contribution is -2.03. The van der Waals surface area contributed by atoms with E-state index in [0.717, 1.165) is 12.8 Å². The number of benzene rings is 1. The van der Waals surface area contributed by atoms with E-state index >= 15 is 0 Å². The minimum Gasteiger partial charge on any atom is -0.438 e. The summed E-state index contributed by atoms with van der Waals surface area (Å²) in [6.07, 6.45) is 5.10. The van der Waals surface area contributed by atoms with Gasteiger partial charge >= 0.3 is 6.16 Å². The van der Waals surface area contributed by atoms with Crippen LogP contribution in [-0.2, 0) is 15.9 Å². The van der Waals surface area contributed by atoms with Crippen LogP contribution in [-0.4, -0.2) is 19.9 Å². The topological polar surface area (TPSA) is 35.5 Å². The molecule has 86 valence electrons. The summed E-state index contributed by atoms with van der Waals surface area (Å²) in [5, 5.41) is 0. The van der Waals surface area contributed by atoms with Crippen molar-refractivity contribution in [3.63, 3.8) is 0 Å². The number of carbonyl (C=O) groups is 1. The predicted octanol–water partition coefficient (Wildman–Crippen LogP) is 2.96. The highest BCUT2D eigenvalue weighted by molar-refractivity contribution is 5.59. The van der Waals surface area contributed by atoms with Gasteiger partial charge in [-0.3, -0.25) is 0 Å². The Balaban J connectivity index is 2.11. The molecule has 0 aliphatic carbocycles. The van der Waals surface area contributed by atoms with Crippen LogP contribution in [0, 0.1) is 0 Å². The van der Waals surface area contributed by atoms with Crippen LogP contribution in [0.4, 0.5) is 4.79 Å². The van der Waals surface area contributed by atoms with E-state index in [0.29, 0.717) is 0 Å². The quantitative estimate of drug-likeness (QED) is 0.565. The van der Waals surface area contributed by atoms with Crippen molar-refractivity contribution in [2.45, 2.75) is 12.8 Å². The normalized spacial score (nSPS) is 10.3. The molecule has 1 aromatic rings. The first-order chi connectivity index (χ1) is 7.83. The Labute approximate surface area is 95.7 Å². The summed E-state index contributed by atoms with van der Waals surface area (Å²) in [7, 11) is 1.29. The van der Waals surface area contributed by atoms with Gasteiger partial charge in [0.1, 0.15) is 6.61 Å². The second-order valence-electron chi connectivity index (χ2n) is 3.26. The van der Waals surface area contributed by atoms with Crippen molar-refractivity contribution in [1.82, 2.24) is 0 Å². The maximum absolute atomic E-state index is 10.6. The van der Waals surface area contributed by atoms with Crippen molar-refractivity contribution in [2.75, 3.05) is 13.7 Å². The monoisotopic (exact) mass is 220 g/mol. The Morgan fingerprint density at radius 1 is 1.25 bits per heavy atom. The van der Waals surface area contributed by atoms with Crippen LogP contribution in [0.3, 0.4) is 0 Å². The molecule has 1 rings (SSSR count). The average Bonchev–Trinajstić information content (AvgIpc) is 2.34. The van der Waals surface area contributed by atoms with Crippen LogP contribution in [0.1, 0.15) is 12.0 Å². The van der Waals surface area contributed by atoms with E-state index in [9.17, 15) is 4.79 Å². The lowest BCUT2D eigenvalue weighted by molar-refractivity contribution is 0.0817. The van der Waals surface area contributed by atoms with Crippen LogP contribution in [0.2, 0.25) is 0 Å². The molecule has 16 heavy (non-hydrogen) atoms. The van der Waals surface area contributed by atoms with Crippen molar-refractivity contribution < 1.29 is 14.3 Å². The highest BCUT2D eigenvalue weighted by Gasteiger charge is 1.95. The van der Waals surface area contributed by atoms with Crippen molar-refractivity contribution in [1.29, 1.82) is 0 Å².